The van der Waals surface area contributed by atoms with Crippen LogP contribution in [0.15, 0.2) is 84.9 Å². The zero-order valence-electron chi connectivity index (χ0n) is 18.5. The SMILES string of the molecule is O=[N+]([O-])c1ccc(-c2cc(O)n(C(=S)Nc3ccc(-c4c(-c5ccccc5)n[nH]c4O)cc3)n2)cc1. The third-order valence-corrected chi connectivity index (χ3v) is 5.75. The van der Waals surface area contributed by atoms with Crippen LogP contribution >= 0.6 is 12.2 Å². The second-order valence-corrected chi connectivity index (χ2v) is 8.16. The number of anilines is 1. The number of hydrogen-bond acceptors (Lipinski definition) is 7. The van der Waals surface area contributed by atoms with E-state index in [1.165, 1.54) is 18.2 Å². The lowest BCUT2D eigenvalue weighted by Gasteiger charge is -2.10. The normalized spacial score (nSPS) is 10.8. The van der Waals surface area contributed by atoms with Crippen LogP contribution < -0.4 is 5.32 Å². The second kappa shape index (κ2) is 9.31. The van der Waals surface area contributed by atoms with Gasteiger partial charge in [0.1, 0.15) is 5.69 Å². The summed E-state index contributed by atoms with van der Waals surface area (Å²) < 4.78 is 1.16. The van der Waals surface area contributed by atoms with E-state index in [0.717, 1.165) is 15.8 Å². The molecular weight excluding hydrogens is 480 g/mol. The molecule has 36 heavy (non-hydrogen) atoms. The first-order chi connectivity index (χ1) is 17.4. The molecule has 5 rings (SSSR count). The fourth-order valence-corrected chi connectivity index (χ4v) is 3.98. The number of H-pyrrole nitrogens is 1. The zero-order valence-corrected chi connectivity index (χ0v) is 19.3. The van der Waals surface area contributed by atoms with Crippen molar-refractivity contribution < 1.29 is 15.1 Å². The number of nitrogens with one attached hydrogen (secondary N) is 2. The topological polar surface area (TPSA) is 142 Å². The lowest BCUT2D eigenvalue weighted by molar-refractivity contribution is -0.384. The molecule has 0 unspecified atom stereocenters. The minimum Gasteiger partial charge on any atom is -0.493 e. The molecule has 0 atom stereocenters. The predicted molar refractivity (Wildman–Crippen MR) is 139 cm³/mol. The molecule has 5 aromatic rings. The number of nitro groups is 1. The maximum atomic E-state index is 10.9. The number of nitro benzene ring substituents is 1. The van der Waals surface area contributed by atoms with Crippen molar-refractivity contribution in [1.82, 2.24) is 20.0 Å². The molecule has 178 valence electrons. The van der Waals surface area contributed by atoms with Gasteiger partial charge in [-0.15, -0.1) is 0 Å². The van der Waals surface area contributed by atoms with Crippen molar-refractivity contribution in [1.29, 1.82) is 0 Å². The van der Waals surface area contributed by atoms with E-state index in [-0.39, 0.29) is 22.6 Å². The van der Waals surface area contributed by atoms with Crippen LogP contribution in [-0.4, -0.2) is 40.2 Å². The highest BCUT2D eigenvalue weighted by Gasteiger charge is 2.17. The zero-order chi connectivity index (χ0) is 25.2. The van der Waals surface area contributed by atoms with Gasteiger partial charge in [0.2, 0.25) is 16.9 Å². The summed E-state index contributed by atoms with van der Waals surface area (Å²) in [6.45, 7) is 0. The fraction of sp³-hybridized carbons (Fsp3) is 0. The number of nitrogens with zero attached hydrogens (tertiary/aromatic N) is 4. The number of thiocarbonyl (C=S) groups is 1. The molecule has 2 aromatic heterocycles. The lowest BCUT2D eigenvalue weighted by atomic mass is 10.0. The fourth-order valence-electron chi connectivity index (χ4n) is 3.72. The van der Waals surface area contributed by atoms with Crippen molar-refractivity contribution in [2.45, 2.75) is 0 Å². The average Bonchev–Trinajstić information content (AvgIpc) is 3.48. The maximum Gasteiger partial charge on any atom is 0.269 e. The smallest absolute Gasteiger partial charge is 0.269 e. The van der Waals surface area contributed by atoms with Crippen LogP contribution in [0.3, 0.4) is 0 Å². The Morgan fingerprint density at radius 3 is 2.28 bits per heavy atom. The molecule has 0 bridgehead atoms. The largest absolute Gasteiger partial charge is 0.493 e. The van der Waals surface area contributed by atoms with Crippen LogP contribution in [0.1, 0.15) is 0 Å². The minimum atomic E-state index is -0.486. The van der Waals surface area contributed by atoms with Gasteiger partial charge in [0.05, 0.1) is 16.2 Å². The van der Waals surface area contributed by atoms with E-state index in [9.17, 15) is 20.3 Å². The predicted octanol–water partition coefficient (Wildman–Crippen LogP) is 5.17. The van der Waals surface area contributed by atoms with Gasteiger partial charge in [0.25, 0.3) is 5.69 Å². The molecule has 0 amide bonds. The van der Waals surface area contributed by atoms with E-state index in [4.69, 9.17) is 12.2 Å². The molecule has 0 radical (unpaired) electrons. The van der Waals surface area contributed by atoms with E-state index < -0.39 is 4.92 Å². The molecule has 0 aliphatic carbocycles. The highest BCUT2D eigenvalue weighted by molar-refractivity contribution is 7.80. The van der Waals surface area contributed by atoms with Crippen molar-refractivity contribution in [2.75, 3.05) is 5.32 Å². The molecule has 0 saturated heterocycles. The summed E-state index contributed by atoms with van der Waals surface area (Å²) in [7, 11) is 0. The van der Waals surface area contributed by atoms with E-state index >= 15 is 0 Å². The van der Waals surface area contributed by atoms with Crippen LogP contribution in [0.25, 0.3) is 33.6 Å². The number of aromatic hydroxyl groups is 2. The number of rotatable bonds is 5. The van der Waals surface area contributed by atoms with Gasteiger partial charge in [-0.1, -0.05) is 42.5 Å². The highest BCUT2D eigenvalue weighted by atomic mass is 32.1. The van der Waals surface area contributed by atoms with E-state index in [1.54, 1.807) is 24.3 Å². The van der Waals surface area contributed by atoms with Crippen molar-refractivity contribution in [3.05, 3.63) is 95.0 Å². The quantitative estimate of drug-likeness (QED) is 0.148. The van der Waals surface area contributed by atoms with Crippen LogP contribution in [0.2, 0.25) is 0 Å². The molecule has 0 aliphatic rings. The maximum absolute atomic E-state index is 10.9. The monoisotopic (exact) mass is 498 g/mol. The summed E-state index contributed by atoms with van der Waals surface area (Å²) >= 11 is 5.41. The Labute approximate surface area is 209 Å². The molecule has 11 heteroatoms. The van der Waals surface area contributed by atoms with Crippen LogP contribution in [0, 0.1) is 10.1 Å². The number of hydrogen-bond donors (Lipinski definition) is 4. The van der Waals surface area contributed by atoms with Crippen molar-refractivity contribution >= 4 is 28.7 Å². The molecule has 3 aromatic carbocycles. The molecule has 0 aliphatic heterocycles. The molecule has 4 N–H and O–H groups in total. The Balaban J connectivity index is 1.35. The number of aromatic amines is 1. The summed E-state index contributed by atoms with van der Waals surface area (Å²) in [6.07, 6.45) is 0. The van der Waals surface area contributed by atoms with E-state index in [1.807, 2.05) is 42.5 Å². The second-order valence-electron chi connectivity index (χ2n) is 7.77. The third kappa shape index (κ3) is 4.38. The number of benzene rings is 3. The van der Waals surface area contributed by atoms with Crippen LogP contribution in [-0.2, 0) is 0 Å². The Hall–Kier alpha value is -5.03. The van der Waals surface area contributed by atoms with E-state index in [2.05, 4.69) is 20.6 Å². The van der Waals surface area contributed by atoms with Crippen LogP contribution in [0.5, 0.6) is 11.8 Å². The standard InChI is InChI=1S/C25H18N6O4S/c32-21-14-20(15-8-12-19(13-9-15)31(34)35)29-30(21)25(36)26-18-10-6-16(7-11-18)22-23(27-28-24(22)33)17-4-2-1-3-5-17/h1-14,32H,(H,26,36)(H2,27,28,33). The molecule has 10 nitrogen and oxygen atoms in total. The Morgan fingerprint density at radius 1 is 0.944 bits per heavy atom. The lowest BCUT2D eigenvalue weighted by Crippen LogP contribution is -2.20. The summed E-state index contributed by atoms with van der Waals surface area (Å²) in [5.41, 5.74) is 4.42. The van der Waals surface area contributed by atoms with Crippen molar-refractivity contribution in [3.8, 4) is 45.4 Å². The molecule has 0 spiro atoms. The average molecular weight is 499 g/mol. The van der Waals surface area contributed by atoms with Gasteiger partial charge in [0, 0.05) is 35.0 Å². The Bertz CT molecular complexity index is 1560. The van der Waals surface area contributed by atoms with Gasteiger partial charge >= 0.3 is 0 Å². The van der Waals surface area contributed by atoms with Gasteiger partial charge in [0.15, 0.2) is 0 Å². The molecular formula is C25H18N6O4S. The third-order valence-electron chi connectivity index (χ3n) is 5.48. The van der Waals surface area contributed by atoms with E-state index in [0.29, 0.717) is 28.2 Å². The first-order valence-corrected chi connectivity index (χ1v) is 11.1. The first-order valence-electron chi connectivity index (χ1n) is 10.7. The summed E-state index contributed by atoms with van der Waals surface area (Å²) in [5, 5.41) is 45.9. The van der Waals surface area contributed by atoms with Crippen molar-refractivity contribution in [3.63, 3.8) is 0 Å². The minimum absolute atomic E-state index is 0.0367. The van der Waals surface area contributed by atoms with Gasteiger partial charge < -0.3 is 15.5 Å². The summed E-state index contributed by atoms with van der Waals surface area (Å²) in [5.74, 6) is -0.224. The van der Waals surface area contributed by atoms with Crippen LogP contribution in [0.4, 0.5) is 11.4 Å². The molecule has 0 fully saturated rings. The van der Waals surface area contributed by atoms with Gasteiger partial charge in [-0.2, -0.15) is 14.9 Å². The van der Waals surface area contributed by atoms with Gasteiger partial charge in [-0.3, -0.25) is 10.1 Å². The van der Waals surface area contributed by atoms with Gasteiger partial charge in [-0.25, -0.2) is 5.10 Å². The number of aromatic nitrogens is 4. The summed E-state index contributed by atoms with van der Waals surface area (Å²) in [6, 6.07) is 24.0. The van der Waals surface area contributed by atoms with Crippen molar-refractivity contribution in [2.24, 2.45) is 0 Å². The number of non-ortho nitro benzene ring substituents is 1. The Kier molecular flexibility index (Phi) is 5.88. The Morgan fingerprint density at radius 2 is 1.61 bits per heavy atom. The van der Waals surface area contributed by atoms with Gasteiger partial charge in [-0.05, 0) is 42.0 Å². The molecule has 2 heterocycles. The highest BCUT2D eigenvalue weighted by Crippen LogP contribution is 2.37. The summed E-state index contributed by atoms with van der Waals surface area (Å²) in [4.78, 5) is 10.4. The molecule has 0 saturated carbocycles. The first kappa shape index (κ1) is 22.7.